The molecule has 0 saturated heterocycles. The fourth-order valence-corrected chi connectivity index (χ4v) is 3.36. The zero-order valence-corrected chi connectivity index (χ0v) is 13.0. The molecule has 1 saturated carbocycles. The number of benzene rings is 1. The van der Waals surface area contributed by atoms with E-state index < -0.39 is 0 Å². The lowest BCUT2D eigenvalue weighted by atomic mass is 9.90. The fourth-order valence-electron chi connectivity index (χ4n) is 2.64. The van der Waals surface area contributed by atoms with Gasteiger partial charge in [0.05, 0.1) is 6.61 Å². The first-order valence-electron chi connectivity index (χ1n) is 6.94. The van der Waals surface area contributed by atoms with Gasteiger partial charge in [0.25, 0.3) is 0 Å². The second-order valence-corrected chi connectivity index (χ2v) is 6.42. The third-order valence-electron chi connectivity index (χ3n) is 4.02. The normalized spacial score (nSPS) is 18.2. The van der Waals surface area contributed by atoms with Crippen LogP contribution < -0.4 is 4.74 Å². The van der Waals surface area contributed by atoms with Crippen molar-refractivity contribution in [1.29, 1.82) is 0 Å². The van der Waals surface area contributed by atoms with Gasteiger partial charge in [0.1, 0.15) is 5.75 Å². The van der Waals surface area contributed by atoms with Gasteiger partial charge in [-0.3, -0.25) is 0 Å². The van der Waals surface area contributed by atoms with Gasteiger partial charge in [-0.2, -0.15) is 0 Å². The average Bonchev–Trinajstić information content (AvgIpc) is 2.86. The molecule has 1 aromatic rings. The minimum Gasteiger partial charge on any atom is -0.493 e. The lowest BCUT2D eigenvalue weighted by molar-refractivity contribution is 0.174. The number of hydrogen-bond acceptors (Lipinski definition) is 1. The first-order valence-corrected chi connectivity index (χ1v) is 8.06. The van der Waals surface area contributed by atoms with Crippen LogP contribution in [0.1, 0.15) is 51.0 Å². The Hall–Kier alpha value is -0.500. The summed E-state index contributed by atoms with van der Waals surface area (Å²) in [5.74, 6) is 1.58. The fraction of sp³-hybridized carbons (Fsp3) is 0.625. The van der Waals surface area contributed by atoms with E-state index in [2.05, 4.69) is 54.0 Å². The lowest BCUT2D eigenvalue weighted by Gasteiger charge is -2.26. The molecule has 2 rings (SSSR count). The summed E-state index contributed by atoms with van der Waals surface area (Å²) in [6.07, 6.45) is 5.28. The summed E-state index contributed by atoms with van der Waals surface area (Å²) in [6, 6.07) is 8.53. The molecule has 1 aliphatic carbocycles. The number of halogens is 1. The highest BCUT2D eigenvalue weighted by Crippen LogP contribution is 2.40. The molecule has 2 heteroatoms. The van der Waals surface area contributed by atoms with Crippen molar-refractivity contribution in [1.82, 2.24) is 0 Å². The molecule has 0 aliphatic heterocycles. The summed E-state index contributed by atoms with van der Waals surface area (Å²) in [5, 5.41) is 1.06. The Bertz CT molecular complexity index is 380. The van der Waals surface area contributed by atoms with E-state index in [1.807, 2.05) is 0 Å². The molecule has 0 unspecified atom stereocenters. The van der Waals surface area contributed by atoms with Crippen molar-refractivity contribution >= 4 is 15.9 Å². The van der Waals surface area contributed by atoms with Gasteiger partial charge in [0.2, 0.25) is 0 Å². The van der Waals surface area contributed by atoms with Crippen LogP contribution in [-0.4, -0.2) is 11.9 Å². The first kappa shape index (κ1) is 13.9. The van der Waals surface area contributed by atoms with Crippen molar-refractivity contribution in [3.05, 3.63) is 29.8 Å². The maximum Gasteiger partial charge on any atom is 0.119 e. The predicted molar refractivity (Wildman–Crippen MR) is 80.7 cm³/mol. The number of rotatable bonds is 5. The van der Waals surface area contributed by atoms with Crippen LogP contribution in [0.2, 0.25) is 0 Å². The first-order chi connectivity index (χ1) is 8.65. The Morgan fingerprint density at radius 3 is 2.61 bits per heavy atom. The van der Waals surface area contributed by atoms with Gasteiger partial charge in [-0.15, -0.1) is 0 Å². The molecule has 1 aromatic carbocycles. The van der Waals surface area contributed by atoms with Gasteiger partial charge < -0.3 is 4.74 Å². The highest BCUT2D eigenvalue weighted by Gasteiger charge is 2.33. The van der Waals surface area contributed by atoms with Crippen molar-refractivity contribution in [2.24, 2.45) is 5.41 Å². The lowest BCUT2D eigenvalue weighted by Crippen LogP contribution is -2.27. The van der Waals surface area contributed by atoms with E-state index >= 15 is 0 Å². The zero-order chi connectivity index (χ0) is 13.0. The van der Waals surface area contributed by atoms with Gasteiger partial charge in [0, 0.05) is 10.7 Å². The van der Waals surface area contributed by atoms with Crippen molar-refractivity contribution in [3.63, 3.8) is 0 Å². The van der Waals surface area contributed by atoms with Gasteiger partial charge in [0.15, 0.2) is 0 Å². The number of hydrogen-bond donors (Lipinski definition) is 0. The van der Waals surface area contributed by atoms with Crippen molar-refractivity contribution in [2.45, 2.75) is 45.4 Å². The molecule has 1 fully saturated rings. The van der Waals surface area contributed by atoms with Crippen LogP contribution in [0.15, 0.2) is 24.3 Å². The molecule has 1 nitrogen and oxygen atoms in total. The molecule has 0 spiro atoms. The quantitative estimate of drug-likeness (QED) is 0.684. The zero-order valence-electron chi connectivity index (χ0n) is 11.4. The summed E-state index contributed by atoms with van der Waals surface area (Å²) >= 11 is 3.66. The topological polar surface area (TPSA) is 9.23 Å². The number of alkyl halides is 1. The van der Waals surface area contributed by atoms with Crippen LogP contribution in [0, 0.1) is 5.41 Å². The van der Waals surface area contributed by atoms with E-state index in [0.29, 0.717) is 11.3 Å². The molecule has 0 bridgehead atoms. The standard InChI is InChI=1S/C16H23BrO/c1-13(2)14-6-5-7-15(10-14)18-12-16(11-17)8-3-4-9-16/h5-7,10,13H,3-4,8-9,11-12H2,1-2H3. The highest BCUT2D eigenvalue weighted by atomic mass is 79.9. The predicted octanol–water partition coefficient (Wildman–Crippen LogP) is 5.14. The molecule has 100 valence electrons. The third-order valence-corrected chi connectivity index (χ3v) is 5.21. The Kier molecular flexibility index (Phi) is 4.71. The summed E-state index contributed by atoms with van der Waals surface area (Å²) < 4.78 is 6.04. The second-order valence-electron chi connectivity index (χ2n) is 5.86. The maximum atomic E-state index is 6.04. The summed E-state index contributed by atoms with van der Waals surface area (Å²) in [4.78, 5) is 0. The number of ether oxygens (including phenoxy) is 1. The molecular weight excluding hydrogens is 288 g/mol. The molecule has 0 N–H and O–H groups in total. The monoisotopic (exact) mass is 310 g/mol. The van der Waals surface area contributed by atoms with Gasteiger partial charge in [-0.05, 0) is 36.5 Å². The van der Waals surface area contributed by atoms with E-state index in [1.165, 1.54) is 31.2 Å². The van der Waals surface area contributed by atoms with Gasteiger partial charge in [-0.1, -0.05) is 54.8 Å². The summed E-state index contributed by atoms with van der Waals surface area (Å²) in [7, 11) is 0. The minimum atomic E-state index is 0.369. The molecule has 0 amide bonds. The SMILES string of the molecule is CC(C)c1cccc(OCC2(CBr)CCCC2)c1. The van der Waals surface area contributed by atoms with Crippen molar-refractivity contribution in [2.75, 3.05) is 11.9 Å². The highest BCUT2D eigenvalue weighted by molar-refractivity contribution is 9.09. The summed E-state index contributed by atoms with van der Waals surface area (Å²) in [5.41, 5.74) is 1.72. The molecule has 18 heavy (non-hydrogen) atoms. The molecule has 0 radical (unpaired) electrons. The smallest absolute Gasteiger partial charge is 0.119 e. The average molecular weight is 311 g/mol. The van der Waals surface area contributed by atoms with Crippen LogP contribution >= 0.6 is 15.9 Å². The molecule has 0 atom stereocenters. The Balaban J connectivity index is 1.99. The minimum absolute atomic E-state index is 0.369. The Morgan fingerprint density at radius 1 is 1.28 bits per heavy atom. The van der Waals surface area contributed by atoms with Gasteiger partial charge in [-0.25, -0.2) is 0 Å². The second kappa shape index (κ2) is 6.10. The molecule has 0 aromatic heterocycles. The van der Waals surface area contributed by atoms with E-state index in [1.54, 1.807) is 0 Å². The van der Waals surface area contributed by atoms with Crippen molar-refractivity contribution < 1.29 is 4.74 Å². The third kappa shape index (κ3) is 3.28. The Morgan fingerprint density at radius 2 is 2.00 bits per heavy atom. The van der Waals surface area contributed by atoms with E-state index in [-0.39, 0.29) is 0 Å². The summed E-state index contributed by atoms with van der Waals surface area (Å²) in [6.45, 7) is 5.28. The van der Waals surface area contributed by atoms with Crippen LogP contribution in [0.4, 0.5) is 0 Å². The van der Waals surface area contributed by atoms with Crippen molar-refractivity contribution in [3.8, 4) is 5.75 Å². The molecular formula is C16H23BrO. The van der Waals surface area contributed by atoms with Crippen LogP contribution in [0.3, 0.4) is 0 Å². The van der Waals surface area contributed by atoms with E-state index in [4.69, 9.17) is 4.74 Å². The Labute approximate surface area is 119 Å². The van der Waals surface area contributed by atoms with Gasteiger partial charge >= 0.3 is 0 Å². The van der Waals surface area contributed by atoms with Crippen LogP contribution in [0.25, 0.3) is 0 Å². The van der Waals surface area contributed by atoms with E-state index in [0.717, 1.165) is 17.7 Å². The van der Waals surface area contributed by atoms with Crippen LogP contribution in [0.5, 0.6) is 5.75 Å². The maximum absolute atomic E-state index is 6.04. The molecule has 0 heterocycles. The largest absolute Gasteiger partial charge is 0.493 e. The van der Waals surface area contributed by atoms with E-state index in [9.17, 15) is 0 Å². The molecule has 1 aliphatic rings. The van der Waals surface area contributed by atoms with Crippen LogP contribution in [-0.2, 0) is 0 Å².